The number of hydrogen-bond donors (Lipinski definition) is 1. The van der Waals surface area contributed by atoms with Gasteiger partial charge in [-0.1, -0.05) is 43.7 Å². The molecule has 1 aromatic rings. The van der Waals surface area contributed by atoms with E-state index in [9.17, 15) is 9.59 Å². The van der Waals surface area contributed by atoms with E-state index in [0.29, 0.717) is 13.1 Å². The highest BCUT2D eigenvalue weighted by Crippen LogP contribution is 2.27. The maximum absolute atomic E-state index is 12.8. The molecular weight excluding hydrogens is 312 g/mol. The van der Waals surface area contributed by atoms with Gasteiger partial charge in [-0.3, -0.25) is 9.59 Å². The van der Waals surface area contributed by atoms with E-state index >= 15 is 0 Å². The first-order chi connectivity index (χ1) is 12.1. The lowest BCUT2D eigenvalue weighted by Gasteiger charge is -2.30. The quantitative estimate of drug-likeness (QED) is 0.803. The zero-order chi connectivity index (χ0) is 17.8. The van der Waals surface area contributed by atoms with Gasteiger partial charge in [0.25, 0.3) is 5.91 Å². The lowest BCUT2D eigenvalue weighted by atomic mass is 9.97. The van der Waals surface area contributed by atoms with Gasteiger partial charge in [0.1, 0.15) is 6.04 Å². The van der Waals surface area contributed by atoms with Gasteiger partial charge in [-0.05, 0) is 49.7 Å². The summed E-state index contributed by atoms with van der Waals surface area (Å²) >= 11 is 0. The van der Waals surface area contributed by atoms with Crippen molar-refractivity contribution < 1.29 is 9.59 Å². The number of carbonyl (C=O) groups is 2. The number of carbonyl (C=O) groups excluding carboxylic acids is 2. The van der Waals surface area contributed by atoms with Crippen molar-refractivity contribution in [2.75, 3.05) is 6.54 Å². The number of amides is 2. The number of nitrogens with one attached hydrogen (secondary N) is 1. The molecule has 1 atom stereocenters. The zero-order valence-corrected chi connectivity index (χ0v) is 15.3. The fraction of sp³-hybridized carbons (Fsp3) is 0.524. The number of allylic oxidation sites excluding steroid dienone is 1. The first kappa shape index (κ1) is 17.7. The fourth-order valence-corrected chi connectivity index (χ4v) is 3.89. The Kier molecular flexibility index (Phi) is 5.57. The first-order valence-corrected chi connectivity index (χ1v) is 9.42. The third-order valence-electron chi connectivity index (χ3n) is 5.22. The molecule has 1 aromatic carbocycles. The summed E-state index contributed by atoms with van der Waals surface area (Å²) in [7, 11) is 0. The molecule has 0 spiro atoms. The van der Waals surface area contributed by atoms with Crippen molar-refractivity contribution in [3.05, 3.63) is 47.0 Å². The van der Waals surface area contributed by atoms with Gasteiger partial charge in [-0.2, -0.15) is 0 Å². The monoisotopic (exact) mass is 340 g/mol. The topological polar surface area (TPSA) is 49.4 Å². The summed E-state index contributed by atoms with van der Waals surface area (Å²) in [6.45, 7) is 5.19. The van der Waals surface area contributed by atoms with Crippen LogP contribution in [0.15, 0.2) is 35.9 Å². The van der Waals surface area contributed by atoms with Gasteiger partial charge in [-0.15, -0.1) is 0 Å². The Bertz CT molecular complexity index is 678. The van der Waals surface area contributed by atoms with Gasteiger partial charge in [-0.25, -0.2) is 0 Å². The van der Waals surface area contributed by atoms with Crippen LogP contribution in [0.5, 0.6) is 0 Å². The molecule has 0 bridgehead atoms. The zero-order valence-electron chi connectivity index (χ0n) is 15.3. The van der Waals surface area contributed by atoms with Crippen LogP contribution < -0.4 is 5.32 Å². The van der Waals surface area contributed by atoms with Gasteiger partial charge in [0.15, 0.2) is 0 Å². The minimum absolute atomic E-state index is 0.0283. The fourth-order valence-electron chi connectivity index (χ4n) is 3.89. The van der Waals surface area contributed by atoms with Crippen LogP contribution in [0.3, 0.4) is 0 Å². The van der Waals surface area contributed by atoms with Crippen molar-refractivity contribution in [2.45, 2.75) is 58.5 Å². The van der Waals surface area contributed by atoms with E-state index in [2.05, 4.69) is 11.4 Å². The van der Waals surface area contributed by atoms with Crippen molar-refractivity contribution in [1.82, 2.24) is 10.2 Å². The predicted molar refractivity (Wildman–Crippen MR) is 99.1 cm³/mol. The Morgan fingerprint density at radius 3 is 2.72 bits per heavy atom. The van der Waals surface area contributed by atoms with Gasteiger partial charge in [0.05, 0.1) is 0 Å². The Labute approximate surface area is 150 Å². The second-order valence-electron chi connectivity index (χ2n) is 7.43. The number of nitrogens with zero attached hydrogens (tertiary/aromatic N) is 1. The average molecular weight is 340 g/mol. The molecule has 1 unspecified atom stereocenters. The van der Waals surface area contributed by atoms with Crippen LogP contribution in [0.1, 0.15) is 61.9 Å². The Balaban J connectivity index is 1.62. The highest BCUT2D eigenvalue weighted by Gasteiger charge is 2.37. The molecular formula is C21H28N2O2. The molecule has 2 aliphatic rings. The second-order valence-corrected chi connectivity index (χ2v) is 7.43. The molecule has 0 saturated heterocycles. The van der Waals surface area contributed by atoms with Crippen molar-refractivity contribution in [2.24, 2.45) is 5.92 Å². The van der Waals surface area contributed by atoms with E-state index in [-0.39, 0.29) is 17.7 Å². The van der Waals surface area contributed by atoms with Gasteiger partial charge >= 0.3 is 0 Å². The Morgan fingerprint density at radius 1 is 1.24 bits per heavy atom. The lowest BCUT2D eigenvalue weighted by Crippen LogP contribution is -2.50. The van der Waals surface area contributed by atoms with Crippen LogP contribution in [0.4, 0.5) is 0 Å². The van der Waals surface area contributed by atoms with Crippen molar-refractivity contribution in [1.29, 1.82) is 0 Å². The molecule has 4 nitrogen and oxygen atoms in total. The van der Waals surface area contributed by atoms with Crippen LogP contribution in [0.2, 0.25) is 0 Å². The minimum Gasteiger partial charge on any atom is -0.354 e. The molecule has 0 radical (unpaired) electrons. The molecule has 4 heteroatoms. The number of fused-ring (bicyclic) bond motifs is 1. The van der Waals surface area contributed by atoms with E-state index in [0.717, 1.165) is 24.0 Å². The van der Waals surface area contributed by atoms with E-state index in [1.807, 2.05) is 38.1 Å². The highest BCUT2D eigenvalue weighted by molar-refractivity contribution is 6.01. The number of rotatable bonds is 6. The summed E-state index contributed by atoms with van der Waals surface area (Å²) in [4.78, 5) is 27.2. The minimum atomic E-state index is -0.416. The molecule has 1 aliphatic heterocycles. The van der Waals surface area contributed by atoms with E-state index in [1.54, 1.807) is 4.90 Å². The standard InChI is InChI=1S/C21H28N2O2/c1-15(2)19(20(24)22-13-12-16-8-4-3-5-9-16)23-14-17-10-6-7-11-18(17)21(23)25/h6-8,10-11,15,19H,3-5,9,12-14H2,1-2H3,(H,22,24). The van der Waals surface area contributed by atoms with Crippen LogP contribution >= 0.6 is 0 Å². The molecule has 2 amide bonds. The molecule has 0 saturated carbocycles. The van der Waals surface area contributed by atoms with Gasteiger partial charge in [0.2, 0.25) is 5.91 Å². The number of benzene rings is 1. The second kappa shape index (κ2) is 7.85. The summed E-state index contributed by atoms with van der Waals surface area (Å²) in [6, 6.07) is 7.22. The largest absolute Gasteiger partial charge is 0.354 e. The molecule has 1 N–H and O–H groups in total. The molecule has 0 fully saturated rings. The summed E-state index contributed by atoms with van der Waals surface area (Å²) in [5, 5.41) is 3.06. The molecule has 134 valence electrons. The van der Waals surface area contributed by atoms with E-state index < -0.39 is 6.04 Å². The molecule has 25 heavy (non-hydrogen) atoms. The molecule has 3 rings (SSSR count). The maximum atomic E-state index is 12.8. The highest BCUT2D eigenvalue weighted by atomic mass is 16.2. The molecule has 1 aliphatic carbocycles. The summed E-state index contributed by atoms with van der Waals surface area (Å²) < 4.78 is 0. The van der Waals surface area contributed by atoms with Crippen molar-refractivity contribution in [3.8, 4) is 0 Å². The maximum Gasteiger partial charge on any atom is 0.255 e. The van der Waals surface area contributed by atoms with E-state index in [4.69, 9.17) is 0 Å². The van der Waals surface area contributed by atoms with E-state index in [1.165, 1.54) is 24.8 Å². The molecule has 1 heterocycles. The number of hydrogen-bond acceptors (Lipinski definition) is 2. The molecule has 0 aromatic heterocycles. The normalized spacial score (nSPS) is 18.1. The van der Waals surface area contributed by atoms with Crippen LogP contribution in [-0.4, -0.2) is 29.3 Å². The van der Waals surface area contributed by atoms with Crippen molar-refractivity contribution in [3.63, 3.8) is 0 Å². The third kappa shape index (κ3) is 3.94. The summed E-state index contributed by atoms with van der Waals surface area (Å²) in [5.41, 5.74) is 3.20. The van der Waals surface area contributed by atoms with Crippen LogP contribution in [0.25, 0.3) is 0 Å². The van der Waals surface area contributed by atoms with Gasteiger partial charge in [0, 0.05) is 18.7 Å². The Morgan fingerprint density at radius 2 is 2.04 bits per heavy atom. The lowest BCUT2D eigenvalue weighted by molar-refractivity contribution is -0.127. The third-order valence-corrected chi connectivity index (χ3v) is 5.22. The van der Waals surface area contributed by atoms with Crippen molar-refractivity contribution >= 4 is 11.8 Å². The van der Waals surface area contributed by atoms with Gasteiger partial charge < -0.3 is 10.2 Å². The Hall–Kier alpha value is -2.10. The summed E-state index contributed by atoms with van der Waals surface area (Å²) in [5.74, 6) is 0.0131. The SMILES string of the molecule is CC(C)C(C(=O)NCCC1=CCCCC1)N1Cc2ccccc2C1=O. The predicted octanol–water partition coefficient (Wildman–Crippen LogP) is 3.67. The summed E-state index contributed by atoms with van der Waals surface area (Å²) in [6.07, 6.45) is 8.10. The van der Waals surface area contributed by atoms with Crippen LogP contribution in [-0.2, 0) is 11.3 Å². The average Bonchev–Trinajstić information content (AvgIpc) is 2.93. The van der Waals surface area contributed by atoms with Crippen LogP contribution in [0, 0.1) is 5.92 Å². The smallest absolute Gasteiger partial charge is 0.255 e. The first-order valence-electron chi connectivity index (χ1n) is 9.42.